The van der Waals surface area contributed by atoms with Gasteiger partial charge in [0.2, 0.25) is 0 Å². The van der Waals surface area contributed by atoms with Crippen LogP contribution in [0.25, 0.3) is 0 Å². The number of carbonyl (C=O) groups is 2. The predicted octanol–water partition coefficient (Wildman–Crippen LogP) is 3.58. The minimum absolute atomic E-state index is 0.0541. The molecule has 3 aliphatic rings. The molecule has 176 valence electrons. The normalized spacial score (nSPS) is 24.4. The van der Waals surface area contributed by atoms with Gasteiger partial charge in [0.15, 0.2) is 0 Å². The Morgan fingerprint density at radius 1 is 1.16 bits per heavy atom. The Hall–Kier alpha value is -2.28. The first-order chi connectivity index (χ1) is 15.2. The second-order valence-electron chi connectivity index (χ2n) is 10.6. The fraction of sp³-hybridized carbons (Fsp3) is 0.680. The highest BCUT2D eigenvalue weighted by molar-refractivity contribution is 5.97. The summed E-state index contributed by atoms with van der Waals surface area (Å²) in [5.74, 6) is 0.909. The molecule has 1 unspecified atom stereocenters. The number of amides is 2. The topological polar surface area (TPSA) is 79.9 Å². The van der Waals surface area contributed by atoms with E-state index in [4.69, 9.17) is 9.47 Å². The molecule has 2 heterocycles. The Bertz CT molecular complexity index is 823. The third-order valence-corrected chi connectivity index (χ3v) is 6.83. The molecule has 7 nitrogen and oxygen atoms in total. The first kappa shape index (κ1) is 22.9. The molecular formula is C25H37N3O4. The molecular weight excluding hydrogens is 406 g/mol. The third-order valence-electron chi connectivity index (χ3n) is 6.83. The fourth-order valence-electron chi connectivity index (χ4n) is 4.65. The van der Waals surface area contributed by atoms with E-state index in [1.807, 2.05) is 45.0 Å². The number of fused-ring (bicyclic) bond motifs is 1. The number of hydrogen-bond donors (Lipinski definition) is 2. The molecule has 2 aliphatic heterocycles. The molecule has 1 aliphatic carbocycles. The molecule has 0 aromatic heterocycles. The van der Waals surface area contributed by atoms with E-state index < -0.39 is 5.60 Å². The maximum absolute atomic E-state index is 13.2. The molecule has 1 aromatic carbocycles. The number of rotatable bonds is 1. The average molecular weight is 444 g/mol. The summed E-state index contributed by atoms with van der Waals surface area (Å²) in [5.41, 5.74) is 0.319. The van der Waals surface area contributed by atoms with Gasteiger partial charge in [0.1, 0.15) is 11.4 Å². The van der Waals surface area contributed by atoms with E-state index in [9.17, 15) is 9.59 Å². The Labute approximate surface area is 191 Å². The van der Waals surface area contributed by atoms with Crippen molar-refractivity contribution in [2.45, 2.75) is 64.5 Å². The quantitative estimate of drug-likeness (QED) is 0.694. The molecule has 0 radical (unpaired) electrons. The summed E-state index contributed by atoms with van der Waals surface area (Å²) < 4.78 is 11.6. The number of ether oxygens (including phenoxy) is 2. The monoisotopic (exact) mass is 443 g/mol. The van der Waals surface area contributed by atoms with Gasteiger partial charge in [-0.25, -0.2) is 4.79 Å². The number of nitrogens with one attached hydrogen (secondary N) is 2. The van der Waals surface area contributed by atoms with Crippen LogP contribution in [-0.2, 0) is 4.74 Å². The number of nitrogens with zero attached hydrogens (tertiary/aromatic N) is 1. The Morgan fingerprint density at radius 3 is 2.56 bits per heavy atom. The van der Waals surface area contributed by atoms with Gasteiger partial charge in [-0.2, -0.15) is 0 Å². The standard InChI is InChI=1S/C25H37N3O4/c1-24(2,3)32-23(30)28-14-9-18(10-15-28)20-8-13-26-16-25(11-12-25)17-31-21-7-5-4-6-19(21)22(29)27-20/h4-7,18,20,26H,8-17H2,1-3H3,(H,27,29). The van der Waals surface area contributed by atoms with E-state index in [0.717, 1.165) is 32.4 Å². The number of likely N-dealkylation sites (tertiary alicyclic amines) is 1. The van der Waals surface area contributed by atoms with Crippen molar-refractivity contribution in [2.24, 2.45) is 11.3 Å². The van der Waals surface area contributed by atoms with Crippen molar-refractivity contribution in [1.82, 2.24) is 15.5 Å². The maximum atomic E-state index is 13.2. The molecule has 1 saturated carbocycles. The van der Waals surface area contributed by atoms with Gasteiger partial charge in [0.25, 0.3) is 5.91 Å². The van der Waals surface area contributed by atoms with Crippen molar-refractivity contribution in [3.05, 3.63) is 29.8 Å². The lowest BCUT2D eigenvalue weighted by Gasteiger charge is -2.37. The van der Waals surface area contributed by atoms with Crippen LogP contribution in [-0.4, -0.2) is 61.3 Å². The van der Waals surface area contributed by atoms with Gasteiger partial charge in [-0.15, -0.1) is 0 Å². The summed E-state index contributed by atoms with van der Waals surface area (Å²) in [6.45, 7) is 9.43. The average Bonchev–Trinajstić information content (AvgIpc) is 3.53. The van der Waals surface area contributed by atoms with E-state index in [1.165, 1.54) is 12.8 Å². The SMILES string of the molecule is CC(C)(C)OC(=O)N1CCC(C2CCNCC3(CC3)COc3ccccc3C(=O)N2)CC1. The van der Waals surface area contributed by atoms with Crippen molar-refractivity contribution >= 4 is 12.0 Å². The minimum Gasteiger partial charge on any atom is -0.492 e. The summed E-state index contributed by atoms with van der Waals surface area (Å²) >= 11 is 0. The number of hydrogen-bond acceptors (Lipinski definition) is 5. The number of para-hydroxylation sites is 1. The van der Waals surface area contributed by atoms with Crippen LogP contribution >= 0.6 is 0 Å². The molecule has 1 saturated heterocycles. The molecule has 0 bridgehead atoms. The summed E-state index contributed by atoms with van der Waals surface area (Å²) in [6, 6.07) is 7.59. The van der Waals surface area contributed by atoms with E-state index in [0.29, 0.717) is 36.9 Å². The van der Waals surface area contributed by atoms with Crippen LogP contribution in [0.3, 0.4) is 0 Å². The second-order valence-corrected chi connectivity index (χ2v) is 10.6. The highest BCUT2D eigenvalue weighted by atomic mass is 16.6. The lowest BCUT2D eigenvalue weighted by atomic mass is 9.87. The van der Waals surface area contributed by atoms with Crippen LogP contribution in [0.5, 0.6) is 5.75 Å². The molecule has 2 amide bonds. The lowest BCUT2D eigenvalue weighted by molar-refractivity contribution is 0.0166. The van der Waals surface area contributed by atoms with Crippen LogP contribution in [0.2, 0.25) is 0 Å². The van der Waals surface area contributed by atoms with Gasteiger partial charge in [-0.3, -0.25) is 4.79 Å². The minimum atomic E-state index is -0.491. The molecule has 2 N–H and O–H groups in total. The van der Waals surface area contributed by atoms with Crippen LogP contribution < -0.4 is 15.4 Å². The molecule has 4 rings (SSSR count). The van der Waals surface area contributed by atoms with Crippen molar-refractivity contribution in [2.75, 3.05) is 32.8 Å². The summed E-state index contributed by atoms with van der Waals surface area (Å²) in [6.07, 6.45) is 4.67. The molecule has 2 fully saturated rings. The number of piperidine rings is 1. The van der Waals surface area contributed by atoms with Crippen molar-refractivity contribution < 1.29 is 19.1 Å². The smallest absolute Gasteiger partial charge is 0.410 e. The second kappa shape index (κ2) is 9.30. The largest absolute Gasteiger partial charge is 0.492 e. The zero-order valence-electron chi connectivity index (χ0n) is 19.6. The maximum Gasteiger partial charge on any atom is 0.410 e. The van der Waals surface area contributed by atoms with E-state index in [1.54, 1.807) is 4.90 Å². The van der Waals surface area contributed by atoms with Gasteiger partial charge in [-0.1, -0.05) is 12.1 Å². The lowest BCUT2D eigenvalue weighted by Crippen LogP contribution is -2.48. The van der Waals surface area contributed by atoms with Crippen LogP contribution in [0.1, 0.15) is 63.2 Å². The van der Waals surface area contributed by atoms with Gasteiger partial charge >= 0.3 is 6.09 Å². The highest BCUT2D eigenvalue weighted by Gasteiger charge is 2.43. The Balaban J connectivity index is 1.43. The van der Waals surface area contributed by atoms with Gasteiger partial charge in [0, 0.05) is 31.1 Å². The molecule has 7 heteroatoms. The van der Waals surface area contributed by atoms with Crippen molar-refractivity contribution in [1.29, 1.82) is 0 Å². The Kier molecular flexibility index (Phi) is 6.65. The van der Waals surface area contributed by atoms with E-state index in [-0.39, 0.29) is 23.5 Å². The summed E-state index contributed by atoms with van der Waals surface area (Å²) in [5, 5.41) is 6.89. The third kappa shape index (κ3) is 5.74. The fourth-order valence-corrected chi connectivity index (χ4v) is 4.65. The predicted molar refractivity (Wildman–Crippen MR) is 123 cm³/mol. The van der Waals surface area contributed by atoms with Gasteiger partial charge in [-0.05, 0) is 77.5 Å². The van der Waals surface area contributed by atoms with Crippen LogP contribution in [0.4, 0.5) is 4.79 Å². The van der Waals surface area contributed by atoms with Gasteiger partial charge < -0.3 is 25.0 Å². The highest BCUT2D eigenvalue weighted by Crippen LogP contribution is 2.45. The first-order valence-electron chi connectivity index (χ1n) is 12.0. The van der Waals surface area contributed by atoms with Crippen molar-refractivity contribution in [3.8, 4) is 5.75 Å². The molecule has 1 aromatic rings. The number of benzene rings is 1. The zero-order chi connectivity index (χ0) is 22.8. The molecule has 32 heavy (non-hydrogen) atoms. The summed E-state index contributed by atoms with van der Waals surface area (Å²) in [7, 11) is 0. The number of carbonyl (C=O) groups excluding carboxylic acids is 2. The molecule has 1 spiro atoms. The van der Waals surface area contributed by atoms with E-state index >= 15 is 0 Å². The van der Waals surface area contributed by atoms with Crippen molar-refractivity contribution in [3.63, 3.8) is 0 Å². The van der Waals surface area contributed by atoms with E-state index in [2.05, 4.69) is 10.6 Å². The Morgan fingerprint density at radius 2 is 1.88 bits per heavy atom. The summed E-state index contributed by atoms with van der Waals surface area (Å²) in [4.78, 5) is 27.4. The van der Waals surface area contributed by atoms with Crippen LogP contribution in [0.15, 0.2) is 24.3 Å². The van der Waals surface area contributed by atoms with Gasteiger partial charge in [0.05, 0.1) is 12.2 Å². The zero-order valence-corrected chi connectivity index (χ0v) is 19.6. The molecule has 1 atom stereocenters. The van der Waals surface area contributed by atoms with Crippen LogP contribution in [0, 0.1) is 11.3 Å². The first-order valence-corrected chi connectivity index (χ1v) is 12.0.